The Balaban J connectivity index is 0.00000338. The molecule has 148 valence electrons. The van der Waals surface area contributed by atoms with Crippen molar-refractivity contribution in [2.75, 3.05) is 40.0 Å². The molecule has 2 rings (SSSR count). The first-order chi connectivity index (χ1) is 11.9. The number of aliphatic hydroxyl groups is 1. The number of nitrogens with one attached hydrogen (secondary N) is 2. The van der Waals surface area contributed by atoms with Gasteiger partial charge < -0.3 is 20.5 Å². The molecule has 1 heterocycles. The summed E-state index contributed by atoms with van der Waals surface area (Å²) >= 11 is 6.35. The van der Waals surface area contributed by atoms with Crippen molar-refractivity contribution in [3.63, 3.8) is 0 Å². The maximum absolute atomic E-state index is 9.33. The largest absolute Gasteiger partial charge is 0.396 e. The Morgan fingerprint density at radius 2 is 2.08 bits per heavy atom. The highest BCUT2D eigenvalue weighted by Crippen LogP contribution is 2.31. The first kappa shape index (κ1) is 23.5. The highest BCUT2D eigenvalue weighted by atomic mass is 127. The van der Waals surface area contributed by atoms with Gasteiger partial charge in [-0.05, 0) is 24.5 Å². The van der Waals surface area contributed by atoms with E-state index in [9.17, 15) is 5.11 Å². The number of hydrogen-bond donors (Lipinski definition) is 3. The van der Waals surface area contributed by atoms with Crippen LogP contribution in [0.25, 0.3) is 0 Å². The summed E-state index contributed by atoms with van der Waals surface area (Å²) in [7, 11) is 1.77. The maximum atomic E-state index is 9.33. The van der Waals surface area contributed by atoms with Crippen LogP contribution in [0, 0.1) is 5.41 Å². The van der Waals surface area contributed by atoms with Crippen LogP contribution in [0.1, 0.15) is 32.3 Å². The standard InChI is InChI=1S/C19H30ClN3O2.HI/c1-18(2,15-6-4-5-7-16(15)20)12-22-17(21-3)23-13-19(8-10-24)9-11-25-14-19;/h4-7,24H,8-14H2,1-3H3,(H2,21,22,23);1H. The molecule has 1 aliphatic rings. The fraction of sp³-hybridized carbons (Fsp3) is 0.632. The van der Waals surface area contributed by atoms with Crippen LogP contribution in [0.4, 0.5) is 0 Å². The summed E-state index contributed by atoms with van der Waals surface area (Å²) in [5, 5.41) is 16.9. The number of halogens is 2. The summed E-state index contributed by atoms with van der Waals surface area (Å²) in [5.41, 5.74) is 0.973. The predicted octanol–water partition coefficient (Wildman–Crippen LogP) is 3.19. The molecule has 1 aromatic carbocycles. The topological polar surface area (TPSA) is 65.9 Å². The zero-order valence-corrected chi connectivity index (χ0v) is 18.9. The average Bonchev–Trinajstić information content (AvgIpc) is 3.04. The van der Waals surface area contributed by atoms with Crippen LogP contribution in [0.5, 0.6) is 0 Å². The minimum Gasteiger partial charge on any atom is -0.396 e. The summed E-state index contributed by atoms with van der Waals surface area (Å²) < 4.78 is 5.54. The quantitative estimate of drug-likeness (QED) is 0.309. The van der Waals surface area contributed by atoms with Crippen LogP contribution >= 0.6 is 35.6 Å². The molecule has 1 saturated heterocycles. The third-order valence-electron chi connectivity index (χ3n) is 4.98. The van der Waals surface area contributed by atoms with Crippen molar-refractivity contribution in [3.05, 3.63) is 34.9 Å². The van der Waals surface area contributed by atoms with Gasteiger partial charge in [-0.2, -0.15) is 0 Å². The van der Waals surface area contributed by atoms with Gasteiger partial charge in [0.15, 0.2) is 5.96 Å². The molecule has 0 spiro atoms. The molecular formula is C19H31ClIN3O2. The van der Waals surface area contributed by atoms with Gasteiger partial charge in [-0.25, -0.2) is 0 Å². The summed E-state index contributed by atoms with van der Waals surface area (Å²) in [5.74, 6) is 0.754. The average molecular weight is 496 g/mol. The van der Waals surface area contributed by atoms with E-state index in [-0.39, 0.29) is 41.4 Å². The minimum atomic E-state index is -0.130. The lowest BCUT2D eigenvalue weighted by atomic mass is 9.84. The van der Waals surface area contributed by atoms with E-state index in [1.165, 1.54) is 0 Å². The second-order valence-electron chi connectivity index (χ2n) is 7.42. The van der Waals surface area contributed by atoms with Gasteiger partial charge in [-0.1, -0.05) is 43.6 Å². The number of aliphatic hydroxyl groups excluding tert-OH is 1. The number of aliphatic imine (C=N–C) groups is 1. The van der Waals surface area contributed by atoms with E-state index >= 15 is 0 Å². The Morgan fingerprint density at radius 1 is 1.35 bits per heavy atom. The summed E-state index contributed by atoms with van der Waals surface area (Å²) in [6.07, 6.45) is 1.70. The van der Waals surface area contributed by atoms with E-state index in [4.69, 9.17) is 16.3 Å². The highest BCUT2D eigenvalue weighted by molar-refractivity contribution is 14.0. The molecule has 3 N–H and O–H groups in total. The van der Waals surface area contributed by atoms with Gasteiger partial charge in [0.25, 0.3) is 0 Å². The smallest absolute Gasteiger partial charge is 0.191 e. The Hall–Kier alpha value is -0.570. The van der Waals surface area contributed by atoms with E-state index in [0.717, 1.165) is 42.5 Å². The second kappa shape index (κ2) is 10.7. The van der Waals surface area contributed by atoms with Gasteiger partial charge >= 0.3 is 0 Å². The molecular weight excluding hydrogens is 465 g/mol. The van der Waals surface area contributed by atoms with Crippen molar-refractivity contribution in [2.24, 2.45) is 10.4 Å². The summed E-state index contributed by atoms with van der Waals surface area (Å²) in [6.45, 7) is 7.38. The van der Waals surface area contributed by atoms with Crippen LogP contribution in [-0.4, -0.2) is 51.0 Å². The number of benzene rings is 1. The molecule has 1 fully saturated rings. The lowest BCUT2D eigenvalue weighted by Gasteiger charge is -2.30. The fourth-order valence-corrected chi connectivity index (χ4v) is 3.61. The van der Waals surface area contributed by atoms with Gasteiger partial charge in [-0.15, -0.1) is 24.0 Å². The molecule has 1 unspecified atom stereocenters. The molecule has 0 bridgehead atoms. The summed E-state index contributed by atoms with van der Waals surface area (Å²) in [6, 6.07) is 7.94. The molecule has 1 atom stereocenters. The van der Waals surface area contributed by atoms with Gasteiger partial charge in [0.05, 0.1) is 6.61 Å². The Kier molecular flexibility index (Phi) is 9.64. The lowest BCUT2D eigenvalue weighted by molar-refractivity contribution is 0.127. The number of nitrogens with zero attached hydrogens (tertiary/aromatic N) is 1. The maximum Gasteiger partial charge on any atom is 0.191 e. The lowest BCUT2D eigenvalue weighted by Crippen LogP contribution is -2.47. The van der Waals surface area contributed by atoms with Gasteiger partial charge in [0, 0.05) is 49.2 Å². The Morgan fingerprint density at radius 3 is 2.65 bits per heavy atom. The van der Waals surface area contributed by atoms with Gasteiger partial charge in [0.2, 0.25) is 0 Å². The first-order valence-corrected chi connectivity index (χ1v) is 9.18. The van der Waals surface area contributed by atoms with Crippen molar-refractivity contribution in [1.29, 1.82) is 0 Å². The van der Waals surface area contributed by atoms with Gasteiger partial charge in [-0.3, -0.25) is 4.99 Å². The first-order valence-electron chi connectivity index (χ1n) is 8.81. The van der Waals surface area contributed by atoms with Gasteiger partial charge in [0.1, 0.15) is 0 Å². The van der Waals surface area contributed by atoms with Crippen LogP contribution in [-0.2, 0) is 10.2 Å². The van der Waals surface area contributed by atoms with E-state index < -0.39 is 0 Å². The predicted molar refractivity (Wildman–Crippen MR) is 119 cm³/mol. The van der Waals surface area contributed by atoms with Crippen molar-refractivity contribution in [2.45, 2.75) is 32.1 Å². The van der Waals surface area contributed by atoms with Crippen LogP contribution in [0.15, 0.2) is 29.3 Å². The molecule has 26 heavy (non-hydrogen) atoms. The van der Waals surface area contributed by atoms with Crippen molar-refractivity contribution < 1.29 is 9.84 Å². The number of guanidine groups is 1. The number of hydrogen-bond acceptors (Lipinski definition) is 3. The molecule has 0 saturated carbocycles. The molecule has 7 heteroatoms. The van der Waals surface area contributed by atoms with Crippen LogP contribution in [0.2, 0.25) is 5.02 Å². The zero-order chi connectivity index (χ0) is 18.3. The second-order valence-corrected chi connectivity index (χ2v) is 7.83. The van der Waals surface area contributed by atoms with Crippen LogP contribution in [0.3, 0.4) is 0 Å². The van der Waals surface area contributed by atoms with Crippen molar-refractivity contribution >= 4 is 41.5 Å². The SMILES string of the molecule is CN=C(NCC1(CCO)CCOC1)NCC(C)(C)c1ccccc1Cl.I. The molecule has 0 aromatic heterocycles. The summed E-state index contributed by atoms with van der Waals surface area (Å²) in [4.78, 5) is 4.32. The Labute approximate surface area is 179 Å². The number of ether oxygens (including phenoxy) is 1. The normalized spacial score (nSPS) is 20.6. The van der Waals surface area contributed by atoms with Crippen molar-refractivity contribution in [3.8, 4) is 0 Å². The molecule has 1 aliphatic heterocycles. The molecule has 0 amide bonds. The molecule has 5 nitrogen and oxygen atoms in total. The van der Waals surface area contributed by atoms with E-state index in [1.54, 1.807) is 7.05 Å². The number of rotatable bonds is 7. The Bertz CT molecular complexity index is 590. The fourth-order valence-electron chi connectivity index (χ4n) is 3.21. The van der Waals surface area contributed by atoms with Crippen molar-refractivity contribution in [1.82, 2.24) is 10.6 Å². The molecule has 0 aliphatic carbocycles. The zero-order valence-electron chi connectivity index (χ0n) is 15.8. The monoisotopic (exact) mass is 495 g/mol. The van der Waals surface area contributed by atoms with E-state index in [0.29, 0.717) is 13.2 Å². The third kappa shape index (κ3) is 6.25. The third-order valence-corrected chi connectivity index (χ3v) is 5.31. The highest BCUT2D eigenvalue weighted by Gasteiger charge is 2.34. The van der Waals surface area contributed by atoms with E-state index in [2.05, 4.69) is 35.5 Å². The van der Waals surface area contributed by atoms with Crippen LogP contribution < -0.4 is 10.6 Å². The van der Waals surface area contributed by atoms with E-state index in [1.807, 2.05) is 18.2 Å². The minimum absolute atomic E-state index is 0. The molecule has 1 aromatic rings. The molecule has 0 radical (unpaired) electrons.